The number of benzene rings is 1. The lowest BCUT2D eigenvalue weighted by molar-refractivity contribution is 0.310. The fraction of sp³-hybridized carbons (Fsp3) is 0.467. The van der Waals surface area contributed by atoms with Gasteiger partial charge < -0.3 is 4.90 Å². The lowest BCUT2D eigenvalue weighted by atomic mass is 9.86. The molecule has 0 bridgehead atoms. The van der Waals surface area contributed by atoms with E-state index < -0.39 is 0 Å². The average molecular weight is 250 g/mol. The molecule has 2 heteroatoms. The molecule has 1 aliphatic heterocycles. The van der Waals surface area contributed by atoms with Crippen LogP contribution in [0.2, 0.25) is 5.02 Å². The summed E-state index contributed by atoms with van der Waals surface area (Å²) in [5.41, 5.74) is 2.84. The lowest BCUT2D eigenvalue weighted by Gasteiger charge is -2.30. The minimum absolute atomic E-state index is 0.667. The van der Waals surface area contributed by atoms with Gasteiger partial charge in [-0.25, -0.2) is 0 Å². The second-order valence-corrected chi connectivity index (χ2v) is 5.31. The Bertz CT molecular complexity index is 394. The first-order valence-corrected chi connectivity index (χ1v) is 6.73. The first kappa shape index (κ1) is 12.7. The fourth-order valence-electron chi connectivity index (χ4n) is 2.56. The van der Waals surface area contributed by atoms with Crippen LogP contribution in [0.25, 0.3) is 5.57 Å². The van der Waals surface area contributed by atoms with Crippen LogP contribution in [0.5, 0.6) is 0 Å². The van der Waals surface area contributed by atoms with E-state index in [-0.39, 0.29) is 0 Å². The summed E-state index contributed by atoms with van der Waals surface area (Å²) >= 11 is 5.94. The highest BCUT2D eigenvalue weighted by Gasteiger charge is 2.20. The molecule has 0 unspecified atom stereocenters. The van der Waals surface area contributed by atoms with E-state index in [1.54, 1.807) is 0 Å². The van der Waals surface area contributed by atoms with Gasteiger partial charge in [0.25, 0.3) is 0 Å². The first-order valence-electron chi connectivity index (χ1n) is 6.35. The number of hydrogen-bond acceptors (Lipinski definition) is 1. The van der Waals surface area contributed by atoms with E-state index >= 15 is 0 Å². The summed E-state index contributed by atoms with van der Waals surface area (Å²) in [7, 11) is 2.19. The molecule has 0 radical (unpaired) electrons. The summed E-state index contributed by atoms with van der Waals surface area (Å²) < 4.78 is 0. The third-order valence-corrected chi connectivity index (χ3v) is 3.66. The Hall–Kier alpha value is -0.790. The van der Waals surface area contributed by atoms with E-state index in [1.165, 1.54) is 30.5 Å². The Balaban J connectivity index is 2.25. The molecule has 1 aliphatic rings. The largest absolute Gasteiger partial charge is 0.302 e. The van der Waals surface area contributed by atoms with Crippen molar-refractivity contribution in [2.24, 2.45) is 5.92 Å². The third-order valence-electron chi connectivity index (χ3n) is 3.41. The summed E-state index contributed by atoms with van der Waals surface area (Å²) in [6, 6.07) is 8.25. The van der Waals surface area contributed by atoms with Crippen molar-refractivity contribution >= 4 is 17.2 Å². The molecule has 1 atom stereocenters. The van der Waals surface area contributed by atoms with E-state index in [0.717, 1.165) is 11.6 Å². The Morgan fingerprint density at radius 2 is 2.00 bits per heavy atom. The highest BCUT2D eigenvalue weighted by atomic mass is 35.5. The van der Waals surface area contributed by atoms with Gasteiger partial charge in [-0.3, -0.25) is 0 Å². The van der Waals surface area contributed by atoms with Gasteiger partial charge in [0.2, 0.25) is 0 Å². The van der Waals surface area contributed by atoms with E-state index in [2.05, 4.69) is 37.1 Å². The van der Waals surface area contributed by atoms with Crippen molar-refractivity contribution < 1.29 is 0 Å². The maximum absolute atomic E-state index is 5.94. The maximum Gasteiger partial charge on any atom is 0.0406 e. The van der Waals surface area contributed by atoms with Crippen LogP contribution in [0.1, 0.15) is 25.3 Å². The number of hydrogen-bond donors (Lipinski definition) is 0. The molecule has 1 aromatic carbocycles. The van der Waals surface area contributed by atoms with Gasteiger partial charge in [-0.2, -0.15) is 0 Å². The Kier molecular flexibility index (Phi) is 4.25. The van der Waals surface area contributed by atoms with Crippen molar-refractivity contribution in [3.05, 3.63) is 40.9 Å². The quantitative estimate of drug-likeness (QED) is 0.780. The summed E-state index contributed by atoms with van der Waals surface area (Å²) in [4.78, 5) is 2.39. The van der Waals surface area contributed by atoms with Crippen molar-refractivity contribution in [2.45, 2.75) is 19.8 Å². The van der Waals surface area contributed by atoms with Gasteiger partial charge in [-0.15, -0.1) is 0 Å². The summed E-state index contributed by atoms with van der Waals surface area (Å²) in [6.07, 6.45) is 4.87. The van der Waals surface area contributed by atoms with Crippen molar-refractivity contribution in [3.8, 4) is 0 Å². The smallest absolute Gasteiger partial charge is 0.0406 e. The van der Waals surface area contributed by atoms with Gasteiger partial charge in [0, 0.05) is 18.1 Å². The van der Waals surface area contributed by atoms with Crippen LogP contribution >= 0.6 is 11.6 Å². The lowest BCUT2D eigenvalue weighted by Crippen LogP contribution is -2.31. The van der Waals surface area contributed by atoms with Crippen LogP contribution in [0.4, 0.5) is 0 Å². The van der Waals surface area contributed by atoms with E-state index in [4.69, 9.17) is 11.6 Å². The second-order valence-electron chi connectivity index (χ2n) is 4.87. The van der Waals surface area contributed by atoms with Gasteiger partial charge in [-0.1, -0.05) is 43.2 Å². The zero-order valence-corrected chi connectivity index (χ0v) is 11.4. The molecule has 0 fully saturated rings. The van der Waals surface area contributed by atoms with Crippen molar-refractivity contribution in [2.75, 3.05) is 20.1 Å². The minimum Gasteiger partial charge on any atom is -0.302 e. The molecule has 0 saturated heterocycles. The molecule has 0 spiro atoms. The molecule has 0 aromatic heterocycles. The molecular weight excluding hydrogens is 230 g/mol. The van der Waals surface area contributed by atoms with Crippen LogP contribution in [-0.4, -0.2) is 25.0 Å². The standard InChI is InChI=1S/C15H20ClN/c1-3-4-13-11-17(2)10-9-15(13)12-5-7-14(16)8-6-12/h5-9,13H,3-4,10-11H2,1-2H3/t13-/m1/s1. The van der Waals surface area contributed by atoms with E-state index in [9.17, 15) is 0 Å². The van der Waals surface area contributed by atoms with Crippen LogP contribution in [0.3, 0.4) is 0 Å². The van der Waals surface area contributed by atoms with Crippen molar-refractivity contribution in [1.82, 2.24) is 4.90 Å². The predicted molar refractivity (Wildman–Crippen MR) is 75.3 cm³/mol. The molecule has 1 aromatic rings. The number of halogens is 1. The van der Waals surface area contributed by atoms with Crippen molar-refractivity contribution in [3.63, 3.8) is 0 Å². The maximum atomic E-state index is 5.94. The topological polar surface area (TPSA) is 3.24 Å². The fourth-order valence-corrected chi connectivity index (χ4v) is 2.69. The monoisotopic (exact) mass is 249 g/mol. The van der Waals surface area contributed by atoms with E-state index in [1.807, 2.05) is 12.1 Å². The predicted octanol–water partition coefficient (Wildman–Crippen LogP) is 4.09. The molecule has 0 N–H and O–H groups in total. The normalized spacial score (nSPS) is 21.4. The SMILES string of the molecule is CCC[C@@H]1CN(C)CC=C1c1ccc(Cl)cc1. The van der Waals surface area contributed by atoms with Gasteiger partial charge in [0.15, 0.2) is 0 Å². The highest BCUT2D eigenvalue weighted by molar-refractivity contribution is 6.30. The number of nitrogens with zero attached hydrogens (tertiary/aromatic N) is 1. The zero-order chi connectivity index (χ0) is 12.3. The minimum atomic E-state index is 0.667. The average Bonchev–Trinajstić information content (AvgIpc) is 2.31. The van der Waals surface area contributed by atoms with E-state index in [0.29, 0.717) is 5.92 Å². The summed E-state index contributed by atoms with van der Waals surface area (Å²) in [5.74, 6) is 0.667. The molecule has 1 nitrogen and oxygen atoms in total. The highest BCUT2D eigenvalue weighted by Crippen LogP contribution is 2.31. The molecule has 17 heavy (non-hydrogen) atoms. The first-order chi connectivity index (χ1) is 8.20. The molecule has 0 aliphatic carbocycles. The number of rotatable bonds is 3. The number of likely N-dealkylation sites (N-methyl/N-ethyl adjacent to an activating group) is 1. The molecule has 0 amide bonds. The summed E-state index contributed by atoms with van der Waals surface area (Å²) in [6.45, 7) is 4.48. The van der Waals surface area contributed by atoms with Crippen LogP contribution in [-0.2, 0) is 0 Å². The van der Waals surface area contributed by atoms with Gasteiger partial charge in [0.05, 0.1) is 0 Å². The third kappa shape index (κ3) is 3.11. The van der Waals surface area contributed by atoms with Gasteiger partial charge in [0.1, 0.15) is 0 Å². The Morgan fingerprint density at radius 1 is 1.29 bits per heavy atom. The van der Waals surface area contributed by atoms with Crippen LogP contribution in [0.15, 0.2) is 30.3 Å². The molecule has 1 heterocycles. The van der Waals surface area contributed by atoms with Gasteiger partial charge in [-0.05, 0) is 42.7 Å². The Labute approximate surface area is 109 Å². The molecule has 2 rings (SSSR count). The summed E-state index contributed by atoms with van der Waals surface area (Å²) in [5, 5.41) is 0.814. The molecule has 92 valence electrons. The Morgan fingerprint density at radius 3 is 2.65 bits per heavy atom. The van der Waals surface area contributed by atoms with Gasteiger partial charge >= 0.3 is 0 Å². The van der Waals surface area contributed by atoms with Crippen LogP contribution in [0, 0.1) is 5.92 Å². The molecular formula is C15H20ClN. The zero-order valence-electron chi connectivity index (χ0n) is 10.6. The molecule has 0 saturated carbocycles. The van der Waals surface area contributed by atoms with Crippen molar-refractivity contribution in [1.29, 1.82) is 0 Å². The van der Waals surface area contributed by atoms with Crippen LogP contribution < -0.4 is 0 Å². The second kappa shape index (κ2) is 5.70.